The molecule has 106 valence electrons. The molecule has 0 aromatic heterocycles. The molecule has 0 aromatic carbocycles. The van der Waals surface area contributed by atoms with Crippen molar-refractivity contribution in [3.05, 3.63) is 0 Å². The van der Waals surface area contributed by atoms with Crippen molar-refractivity contribution in [1.29, 1.82) is 0 Å². The van der Waals surface area contributed by atoms with Crippen molar-refractivity contribution in [2.24, 2.45) is 5.10 Å². The number of unbranched alkanes of at least 4 members (excludes halogenated alkanes) is 1. The lowest BCUT2D eigenvalue weighted by molar-refractivity contribution is -0.313. The maximum Gasteiger partial charge on any atom is 0.457 e. The molecule has 0 aliphatic carbocycles. The Bertz CT molecular complexity index is 302. The Kier molecular flexibility index (Phi) is 4.39. The van der Waals surface area contributed by atoms with Crippen LogP contribution in [-0.4, -0.2) is 47.6 Å². The fourth-order valence-electron chi connectivity index (χ4n) is 1.75. The number of rotatable bonds is 5. The van der Waals surface area contributed by atoms with Crippen LogP contribution in [0.4, 0.5) is 22.0 Å². The first-order valence-electron chi connectivity index (χ1n) is 5.76. The minimum absolute atomic E-state index is 0.00450. The highest BCUT2D eigenvalue weighted by Crippen LogP contribution is 2.42. The SMILES string of the molecule is CCCCN1C=NN(CC)C1C(F)(F)C(F)(F)F. The molecule has 1 unspecified atom stereocenters. The second-order valence-electron chi connectivity index (χ2n) is 4.07. The Balaban J connectivity index is 2.92. The number of hydrogen-bond donors (Lipinski definition) is 0. The lowest BCUT2D eigenvalue weighted by atomic mass is 10.2. The van der Waals surface area contributed by atoms with Gasteiger partial charge in [-0.1, -0.05) is 13.3 Å². The van der Waals surface area contributed by atoms with Gasteiger partial charge in [-0.25, -0.2) is 0 Å². The summed E-state index contributed by atoms with van der Waals surface area (Å²) in [4.78, 5) is 0.959. The van der Waals surface area contributed by atoms with Gasteiger partial charge in [0.2, 0.25) is 0 Å². The zero-order chi connectivity index (χ0) is 14.0. The number of halogens is 5. The Morgan fingerprint density at radius 2 is 1.78 bits per heavy atom. The minimum Gasteiger partial charge on any atom is -0.334 e. The van der Waals surface area contributed by atoms with Crippen molar-refractivity contribution in [3.63, 3.8) is 0 Å². The fourth-order valence-corrected chi connectivity index (χ4v) is 1.75. The quantitative estimate of drug-likeness (QED) is 0.717. The van der Waals surface area contributed by atoms with E-state index >= 15 is 0 Å². The molecule has 0 fully saturated rings. The number of hydrazone groups is 1. The number of hydrogen-bond acceptors (Lipinski definition) is 3. The van der Waals surface area contributed by atoms with Crippen LogP contribution in [0.3, 0.4) is 0 Å². The smallest absolute Gasteiger partial charge is 0.334 e. The summed E-state index contributed by atoms with van der Waals surface area (Å²) < 4.78 is 64.2. The van der Waals surface area contributed by atoms with Gasteiger partial charge in [-0.3, -0.25) is 5.01 Å². The van der Waals surface area contributed by atoms with Crippen LogP contribution in [0.25, 0.3) is 0 Å². The Labute approximate surface area is 102 Å². The molecule has 1 rings (SSSR count). The van der Waals surface area contributed by atoms with Crippen LogP contribution in [0.1, 0.15) is 26.7 Å². The first-order valence-corrected chi connectivity index (χ1v) is 5.76. The molecule has 1 aliphatic rings. The van der Waals surface area contributed by atoms with E-state index < -0.39 is 18.3 Å². The average Bonchev–Trinajstić information content (AvgIpc) is 2.68. The van der Waals surface area contributed by atoms with Crippen LogP contribution in [0.15, 0.2) is 5.10 Å². The largest absolute Gasteiger partial charge is 0.457 e. The maximum absolute atomic E-state index is 13.5. The summed E-state index contributed by atoms with van der Waals surface area (Å²) >= 11 is 0. The van der Waals surface area contributed by atoms with Crippen molar-refractivity contribution in [2.75, 3.05) is 13.1 Å². The van der Waals surface area contributed by atoms with Crippen molar-refractivity contribution in [3.8, 4) is 0 Å². The summed E-state index contributed by atoms with van der Waals surface area (Å²) in [7, 11) is 0. The first-order chi connectivity index (χ1) is 8.25. The highest BCUT2D eigenvalue weighted by atomic mass is 19.4. The van der Waals surface area contributed by atoms with Crippen LogP contribution >= 0.6 is 0 Å². The molecule has 0 saturated heterocycles. The molecule has 0 amide bonds. The molecule has 0 saturated carbocycles. The normalized spacial score (nSPS) is 20.9. The summed E-state index contributed by atoms with van der Waals surface area (Å²) in [5, 5.41) is 4.37. The van der Waals surface area contributed by atoms with E-state index in [0.29, 0.717) is 12.8 Å². The standard InChI is InChI=1S/C10H16F5N3/c1-3-5-6-17-7-16-18(4-2)8(17)9(11,12)10(13,14)15/h7-8H,3-6H2,1-2H3. The molecule has 0 aromatic rings. The van der Waals surface area contributed by atoms with E-state index in [1.807, 2.05) is 6.92 Å². The van der Waals surface area contributed by atoms with Gasteiger partial charge in [0.05, 0.1) is 0 Å². The third kappa shape index (κ3) is 2.67. The van der Waals surface area contributed by atoms with Gasteiger partial charge < -0.3 is 4.90 Å². The van der Waals surface area contributed by atoms with Gasteiger partial charge >= 0.3 is 12.1 Å². The summed E-state index contributed by atoms with van der Waals surface area (Å²) in [6.07, 6.45) is -5.35. The van der Waals surface area contributed by atoms with Gasteiger partial charge in [0.15, 0.2) is 6.17 Å². The molecule has 3 nitrogen and oxygen atoms in total. The van der Waals surface area contributed by atoms with Gasteiger partial charge in [0.1, 0.15) is 6.34 Å². The van der Waals surface area contributed by atoms with Crippen molar-refractivity contribution in [1.82, 2.24) is 9.91 Å². The van der Waals surface area contributed by atoms with E-state index in [1.54, 1.807) is 0 Å². The van der Waals surface area contributed by atoms with Gasteiger partial charge in [-0.2, -0.15) is 27.1 Å². The third-order valence-corrected chi connectivity index (χ3v) is 2.74. The second-order valence-corrected chi connectivity index (χ2v) is 4.07. The van der Waals surface area contributed by atoms with Gasteiger partial charge in [-0.05, 0) is 13.3 Å². The Morgan fingerprint density at radius 1 is 1.17 bits per heavy atom. The average molecular weight is 273 g/mol. The van der Waals surface area contributed by atoms with Crippen molar-refractivity contribution < 1.29 is 22.0 Å². The van der Waals surface area contributed by atoms with E-state index in [2.05, 4.69) is 5.10 Å². The lowest BCUT2D eigenvalue weighted by Gasteiger charge is -2.36. The molecule has 0 N–H and O–H groups in total. The fraction of sp³-hybridized carbons (Fsp3) is 0.900. The monoisotopic (exact) mass is 273 g/mol. The van der Waals surface area contributed by atoms with E-state index in [9.17, 15) is 22.0 Å². The Morgan fingerprint density at radius 3 is 2.22 bits per heavy atom. The molecule has 0 bridgehead atoms. The number of nitrogens with zero attached hydrogens (tertiary/aromatic N) is 3. The van der Waals surface area contributed by atoms with Crippen LogP contribution in [0.5, 0.6) is 0 Å². The van der Waals surface area contributed by atoms with E-state index in [-0.39, 0.29) is 13.1 Å². The summed E-state index contributed by atoms with van der Waals surface area (Å²) in [5.41, 5.74) is 0. The molecular formula is C10H16F5N3. The van der Waals surface area contributed by atoms with Crippen LogP contribution in [0.2, 0.25) is 0 Å². The van der Waals surface area contributed by atoms with E-state index in [4.69, 9.17) is 0 Å². The van der Waals surface area contributed by atoms with E-state index in [1.165, 1.54) is 6.92 Å². The molecule has 0 spiro atoms. The molecule has 1 heterocycles. The highest BCUT2D eigenvalue weighted by molar-refractivity contribution is 5.57. The highest BCUT2D eigenvalue weighted by Gasteiger charge is 2.66. The Hall–Kier alpha value is -1.08. The minimum atomic E-state index is -5.58. The molecular weight excluding hydrogens is 257 g/mol. The first kappa shape index (κ1) is 15.0. The van der Waals surface area contributed by atoms with Gasteiger partial charge in [-0.15, -0.1) is 0 Å². The van der Waals surface area contributed by atoms with Gasteiger partial charge in [0.25, 0.3) is 0 Å². The molecule has 8 heteroatoms. The topological polar surface area (TPSA) is 18.8 Å². The van der Waals surface area contributed by atoms with Gasteiger partial charge in [0, 0.05) is 13.1 Å². The van der Waals surface area contributed by atoms with Crippen LogP contribution in [-0.2, 0) is 0 Å². The van der Waals surface area contributed by atoms with Crippen LogP contribution in [0, 0.1) is 0 Å². The van der Waals surface area contributed by atoms with Crippen molar-refractivity contribution in [2.45, 2.75) is 45.0 Å². The zero-order valence-corrected chi connectivity index (χ0v) is 10.2. The van der Waals surface area contributed by atoms with Crippen LogP contribution < -0.4 is 0 Å². The molecule has 0 radical (unpaired) electrons. The summed E-state index contributed by atoms with van der Waals surface area (Å²) in [6, 6.07) is 0. The summed E-state index contributed by atoms with van der Waals surface area (Å²) in [5.74, 6) is -4.81. The predicted molar refractivity (Wildman–Crippen MR) is 57.3 cm³/mol. The lowest BCUT2D eigenvalue weighted by Crippen LogP contribution is -2.59. The maximum atomic E-state index is 13.5. The third-order valence-electron chi connectivity index (χ3n) is 2.74. The molecule has 1 atom stereocenters. The van der Waals surface area contributed by atoms with E-state index in [0.717, 1.165) is 16.2 Å². The predicted octanol–water partition coefficient (Wildman–Crippen LogP) is 2.89. The van der Waals surface area contributed by atoms with Crippen molar-refractivity contribution >= 4 is 6.34 Å². The molecule has 1 aliphatic heterocycles. The molecule has 18 heavy (non-hydrogen) atoms. The number of alkyl halides is 5. The zero-order valence-electron chi connectivity index (χ0n) is 10.2. The summed E-state index contributed by atoms with van der Waals surface area (Å²) in [6.45, 7) is 3.45. The second kappa shape index (κ2) is 5.27.